The number of rotatable bonds is 11. The number of amides is 2. The highest BCUT2D eigenvalue weighted by molar-refractivity contribution is 6.76. The minimum atomic E-state index is -1.07. The van der Waals surface area contributed by atoms with Gasteiger partial charge >= 0.3 is 0 Å². The summed E-state index contributed by atoms with van der Waals surface area (Å²) in [4.78, 5) is 25.9. The Balaban J connectivity index is 1.53. The Morgan fingerprint density at radius 3 is 1.92 bits per heavy atom. The molecule has 1 aromatic rings. The molecule has 0 N–H and O–H groups in total. The number of ether oxygens (including phenoxy) is 1. The molecule has 1 aromatic carbocycles. The summed E-state index contributed by atoms with van der Waals surface area (Å²) in [6.45, 7) is 8.37. The maximum atomic E-state index is 12.2. The number of nitrogens with zero attached hydrogens (tertiary/aromatic N) is 1. The maximum absolute atomic E-state index is 12.2. The van der Waals surface area contributed by atoms with E-state index in [4.69, 9.17) is 4.74 Å². The van der Waals surface area contributed by atoms with Crippen molar-refractivity contribution >= 4 is 19.9 Å². The summed E-state index contributed by atoms with van der Waals surface area (Å²) in [5.41, 5.74) is 1.09. The van der Waals surface area contributed by atoms with Crippen molar-refractivity contribution in [3.05, 3.63) is 35.4 Å². The molecular weight excluding hydrogens is 330 g/mol. The number of hydrogen-bond acceptors (Lipinski definition) is 3. The summed E-state index contributed by atoms with van der Waals surface area (Å²) in [7, 11) is -1.07. The van der Waals surface area contributed by atoms with Gasteiger partial charge in [-0.2, -0.15) is 0 Å². The van der Waals surface area contributed by atoms with E-state index in [9.17, 15) is 9.59 Å². The summed E-state index contributed by atoms with van der Waals surface area (Å²) in [6, 6.07) is 7.08. The van der Waals surface area contributed by atoms with Crippen LogP contribution in [0.4, 0.5) is 0 Å². The molecule has 1 heterocycles. The smallest absolute Gasteiger partial charge is 0.261 e. The Kier molecular flexibility index (Phi) is 7.38. The second-order valence-corrected chi connectivity index (χ2v) is 13.5. The van der Waals surface area contributed by atoms with Gasteiger partial charge in [-0.1, -0.05) is 57.5 Å². The number of carbonyl (C=O) groups excluding carboxylic acids is 2. The van der Waals surface area contributed by atoms with Crippen LogP contribution in [0.5, 0.6) is 0 Å². The molecule has 25 heavy (non-hydrogen) atoms. The highest BCUT2D eigenvalue weighted by Gasteiger charge is 2.34. The van der Waals surface area contributed by atoms with Gasteiger partial charge in [-0.3, -0.25) is 14.5 Å². The molecule has 1 aliphatic heterocycles. The minimum absolute atomic E-state index is 0.139. The van der Waals surface area contributed by atoms with Crippen molar-refractivity contribution in [2.75, 3.05) is 19.4 Å². The van der Waals surface area contributed by atoms with Crippen LogP contribution in [0.25, 0.3) is 0 Å². The van der Waals surface area contributed by atoms with Gasteiger partial charge in [-0.15, -0.1) is 0 Å². The third-order valence-electron chi connectivity index (χ3n) is 4.33. The first-order chi connectivity index (χ1) is 11.9. The topological polar surface area (TPSA) is 46.6 Å². The van der Waals surface area contributed by atoms with Crippen LogP contribution in [-0.4, -0.2) is 44.2 Å². The number of benzene rings is 1. The number of hydrogen-bond donors (Lipinski definition) is 0. The van der Waals surface area contributed by atoms with Crippen LogP contribution < -0.4 is 0 Å². The van der Waals surface area contributed by atoms with E-state index in [-0.39, 0.29) is 11.8 Å². The van der Waals surface area contributed by atoms with E-state index in [1.165, 1.54) is 17.7 Å². The van der Waals surface area contributed by atoms with Crippen LogP contribution in [0.1, 0.15) is 59.2 Å². The van der Waals surface area contributed by atoms with Gasteiger partial charge in [-0.05, 0) is 25.0 Å². The van der Waals surface area contributed by atoms with E-state index in [2.05, 4.69) is 19.6 Å². The summed E-state index contributed by atoms with van der Waals surface area (Å²) < 4.78 is 5.73. The average Bonchev–Trinajstić information content (AvgIpc) is 2.80. The molecule has 0 saturated heterocycles. The molecule has 0 spiro atoms. The first-order valence-corrected chi connectivity index (χ1v) is 13.1. The van der Waals surface area contributed by atoms with Crippen LogP contribution in [0.3, 0.4) is 0 Å². The predicted octanol–water partition coefficient (Wildman–Crippen LogP) is 4.52. The van der Waals surface area contributed by atoms with Gasteiger partial charge in [0.2, 0.25) is 0 Å². The van der Waals surface area contributed by atoms with Gasteiger partial charge in [0.25, 0.3) is 11.8 Å². The summed E-state index contributed by atoms with van der Waals surface area (Å²) in [5.74, 6) is -0.278. The Morgan fingerprint density at radius 1 is 0.840 bits per heavy atom. The van der Waals surface area contributed by atoms with Crippen LogP contribution >= 0.6 is 0 Å². The molecule has 1 aliphatic rings. The van der Waals surface area contributed by atoms with Crippen LogP contribution in [0.2, 0.25) is 19.6 Å². The Bertz CT molecular complexity index is 560. The van der Waals surface area contributed by atoms with Gasteiger partial charge in [0.05, 0.1) is 19.2 Å². The maximum Gasteiger partial charge on any atom is 0.261 e. The fraction of sp³-hybridized carbons (Fsp3) is 0.600. The molecule has 2 rings (SSSR count). The van der Waals surface area contributed by atoms with Crippen molar-refractivity contribution in [3.63, 3.8) is 0 Å². The number of fused-ring (bicyclic) bond motifs is 1. The standard InChI is InChI=1S/C20H31NO3Si/c1-25(2,3)16-24-15-11-7-5-4-6-10-14-21-19(22)17-12-8-9-13-18(17)20(21)23/h8-9,12-13H,4-7,10-11,14-16H2,1-3H3. The first-order valence-electron chi connectivity index (χ1n) is 9.43. The largest absolute Gasteiger partial charge is 0.385 e. The highest BCUT2D eigenvalue weighted by Crippen LogP contribution is 2.22. The molecule has 138 valence electrons. The molecule has 0 radical (unpaired) electrons. The predicted molar refractivity (Wildman–Crippen MR) is 104 cm³/mol. The van der Waals surface area contributed by atoms with E-state index >= 15 is 0 Å². The third kappa shape index (κ3) is 6.08. The van der Waals surface area contributed by atoms with Gasteiger partial charge < -0.3 is 4.74 Å². The molecular formula is C20H31NO3Si. The molecule has 0 aromatic heterocycles. The lowest BCUT2D eigenvalue weighted by Gasteiger charge is -2.15. The lowest BCUT2D eigenvalue weighted by atomic mass is 10.1. The lowest BCUT2D eigenvalue weighted by Crippen LogP contribution is -2.30. The van der Waals surface area contributed by atoms with Gasteiger partial charge in [-0.25, -0.2) is 0 Å². The van der Waals surface area contributed by atoms with E-state index < -0.39 is 8.07 Å². The van der Waals surface area contributed by atoms with Crippen molar-refractivity contribution in [1.29, 1.82) is 0 Å². The number of unbranched alkanes of at least 4 members (excludes halogenated alkanes) is 5. The molecule has 4 nitrogen and oxygen atoms in total. The Labute approximate surface area is 152 Å². The van der Waals surface area contributed by atoms with Gasteiger partial charge in [0, 0.05) is 19.4 Å². The fourth-order valence-corrected chi connectivity index (χ4v) is 3.76. The highest BCUT2D eigenvalue weighted by atomic mass is 28.3. The fourth-order valence-electron chi connectivity index (χ4n) is 3.00. The zero-order valence-corrected chi connectivity index (χ0v) is 16.8. The van der Waals surface area contributed by atoms with Crippen LogP contribution in [-0.2, 0) is 4.74 Å². The van der Waals surface area contributed by atoms with Crippen molar-refractivity contribution in [3.8, 4) is 0 Å². The van der Waals surface area contributed by atoms with Crippen molar-refractivity contribution in [2.45, 2.75) is 58.2 Å². The number of imide groups is 1. The molecule has 5 heteroatoms. The van der Waals surface area contributed by atoms with Crippen molar-refractivity contribution in [2.24, 2.45) is 0 Å². The van der Waals surface area contributed by atoms with Gasteiger partial charge in [0.15, 0.2) is 0 Å². The molecule has 0 bridgehead atoms. The van der Waals surface area contributed by atoms with E-state index in [1.807, 2.05) is 0 Å². The Hall–Kier alpha value is -1.46. The Morgan fingerprint density at radius 2 is 1.36 bits per heavy atom. The SMILES string of the molecule is C[Si](C)(C)COCCCCCCCCN1C(=O)c2ccccc2C1=O. The monoisotopic (exact) mass is 361 g/mol. The van der Waals surface area contributed by atoms with Crippen molar-refractivity contribution < 1.29 is 14.3 Å². The molecule has 0 saturated carbocycles. The molecule has 0 atom stereocenters. The summed E-state index contributed by atoms with van der Waals surface area (Å²) in [5, 5.41) is 0. The number of carbonyl (C=O) groups is 2. The third-order valence-corrected chi connectivity index (χ3v) is 5.40. The van der Waals surface area contributed by atoms with E-state index in [0.717, 1.165) is 38.5 Å². The lowest BCUT2D eigenvalue weighted by molar-refractivity contribution is 0.0651. The van der Waals surface area contributed by atoms with Crippen LogP contribution in [0, 0.1) is 0 Å². The van der Waals surface area contributed by atoms with Gasteiger partial charge in [0.1, 0.15) is 0 Å². The molecule has 2 amide bonds. The van der Waals surface area contributed by atoms with E-state index in [1.54, 1.807) is 24.3 Å². The zero-order chi connectivity index (χ0) is 18.3. The summed E-state index contributed by atoms with van der Waals surface area (Å²) >= 11 is 0. The first kappa shape index (κ1) is 19.9. The van der Waals surface area contributed by atoms with Crippen molar-refractivity contribution in [1.82, 2.24) is 4.90 Å². The summed E-state index contributed by atoms with van der Waals surface area (Å²) in [6.07, 6.45) is 7.56. The normalized spacial score (nSPS) is 14.3. The average molecular weight is 362 g/mol. The second-order valence-electron chi connectivity index (χ2n) is 8.04. The zero-order valence-electron chi connectivity index (χ0n) is 15.8. The van der Waals surface area contributed by atoms with E-state index in [0.29, 0.717) is 17.7 Å². The molecule has 0 aliphatic carbocycles. The minimum Gasteiger partial charge on any atom is -0.385 e. The second kappa shape index (κ2) is 9.29. The van der Waals surface area contributed by atoms with Crippen LogP contribution in [0.15, 0.2) is 24.3 Å². The molecule has 0 fully saturated rings. The quantitative estimate of drug-likeness (QED) is 0.331. The molecule has 0 unspecified atom stereocenters.